The lowest BCUT2D eigenvalue weighted by atomic mass is 10.0. The van der Waals surface area contributed by atoms with Gasteiger partial charge in [-0.2, -0.15) is 0 Å². The second-order valence-corrected chi connectivity index (χ2v) is 6.73. The molecule has 1 fully saturated rings. The second kappa shape index (κ2) is 6.78. The third kappa shape index (κ3) is 2.92. The number of aryl methyl sites for hydroxylation is 1. The molecule has 0 aliphatic carbocycles. The molecule has 1 unspecified atom stereocenters. The molecule has 1 aliphatic rings. The molecule has 1 aromatic heterocycles. The van der Waals surface area contributed by atoms with Crippen LogP contribution in [0, 0.1) is 0 Å². The quantitative estimate of drug-likeness (QED) is 0.726. The number of benzene rings is 2. The Kier molecular flexibility index (Phi) is 4.32. The Bertz CT molecular complexity index is 950. The Balaban J connectivity index is 1.58. The van der Waals surface area contributed by atoms with Crippen LogP contribution in [0.5, 0.6) is 5.75 Å². The molecule has 6 nitrogen and oxygen atoms in total. The number of carbonyl (C=O) groups is 1. The number of amides is 1. The summed E-state index contributed by atoms with van der Waals surface area (Å²) in [6.07, 6.45) is 2.85. The van der Waals surface area contributed by atoms with E-state index in [-0.39, 0.29) is 11.9 Å². The first-order valence-corrected chi connectivity index (χ1v) is 8.89. The van der Waals surface area contributed by atoms with Crippen LogP contribution < -0.4 is 4.74 Å². The molecule has 4 rings (SSSR count). The fourth-order valence-corrected chi connectivity index (χ4v) is 3.77. The van der Waals surface area contributed by atoms with Crippen molar-refractivity contribution >= 4 is 16.9 Å². The zero-order valence-electron chi connectivity index (χ0n) is 15.1. The van der Waals surface area contributed by atoms with Gasteiger partial charge < -0.3 is 9.64 Å². The van der Waals surface area contributed by atoms with Crippen molar-refractivity contribution in [2.24, 2.45) is 7.05 Å². The van der Waals surface area contributed by atoms with Crippen molar-refractivity contribution in [2.75, 3.05) is 13.7 Å². The molecule has 0 bridgehead atoms. The molecule has 1 atom stereocenters. The van der Waals surface area contributed by atoms with Gasteiger partial charge in [0.25, 0.3) is 5.91 Å². The average molecular weight is 350 g/mol. The average Bonchev–Trinajstić information content (AvgIpc) is 3.28. The van der Waals surface area contributed by atoms with Crippen molar-refractivity contribution in [1.82, 2.24) is 19.9 Å². The summed E-state index contributed by atoms with van der Waals surface area (Å²) < 4.78 is 7.17. The van der Waals surface area contributed by atoms with Crippen LogP contribution in [0.25, 0.3) is 11.0 Å². The number of nitrogens with zero attached hydrogens (tertiary/aromatic N) is 4. The minimum Gasteiger partial charge on any atom is -0.496 e. The maximum Gasteiger partial charge on any atom is 0.254 e. The van der Waals surface area contributed by atoms with E-state index in [2.05, 4.69) is 16.4 Å². The molecule has 1 amide bonds. The number of rotatable bonds is 4. The topological polar surface area (TPSA) is 60.2 Å². The van der Waals surface area contributed by atoms with E-state index in [1.807, 2.05) is 48.3 Å². The van der Waals surface area contributed by atoms with E-state index >= 15 is 0 Å². The summed E-state index contributed by atoms with van der Waals surface area (Å²) in [5, 5.41) is 8.09. The number of carbonyl (C=O) groups excluding carboxylic acids is 1. The number of hydrogen-bond acceptors (Lipinski definition) is 4. The molecule has 0 N–H and O–H groups in total. The summed E-state index contributed by atoms with van der Waals surface area (Å²) in [4.78, 5) is 15.1. The van der Waals surface area contributed by atoms with Gasteiger partial charge >= 0.3 is 0 Å². The molecule has 26 heavy (non-hydrogen) atoms. The molecule has 2 heterocycles. The monoisotopic (exact) mass is 350 g/mol. The van der Waals surface area contributed by atoms with Gasteiger partial charge in [-0.05, 0) is 49.1 Å². The van der Waals surface area contributed by atoms with Gasteiger partial charge in [-0.15, -0.1) is 5.10 Å². The molecule has 0 saturated carbocycles. The molecule has 134 valence electrons. The van der Waals surface area contributed by atoms with Crippen molar-refractivity contribution < 1.29 is 9.53 Å². The van der Waals surface area contributed by atoms with Crippen LogP contribution in [0.1, 0.15) is 28.8 Å². The molecule has 2 aromatic carbocycles. The van der Waals surface area contributed by atoms with E-state index in [0.29, 0.717) is 5.56 Å². The Morgan fingerprint density at radius 3 is 2.96 bits per heavy atom. The molecule has 6 heteroatoms. The van der Waals surface area contributed by atoms with E-state index in [1.54, 1.807) is 11.8 Å². The van der Waals surface area contributed by atoms with Gasteiger partial charge in [0.15, 0.2) is 0 Å². The third-order valence-corrected chi connectivity index (χ3v) is 5.14. The maximum absolute atomic E-state index is 13.1. The minimum absolute atomic E-state index is 0.0745. The highest BCUT2D eigenvalue weighted by Crippen LogP contribution is 2.27. The van der Waals surface area contributed by atoms with E-state index in [4.69, 9.17) is 4.74 Å². The van der Waals surface area contributed by atoms with Crippen molar-refractivity contribution in [3.05, 3.63) is 53.6 Å². The summed E-state index contributed by atoms with van der Waals surface area (Å²) in [7, 11) is 3.53. The summed E-state index contributed by atoms with van der Waals surface area (Å²) in [5.74, 6) is 0.958. The van der Waals surface area contributed by atoms with Gasteiger partial charge in [-0.3, -0.25) is 4.79 Å². The highest BCUT2D eigenvalue weighted by molar-refractivity contribution is 5.97. The smallest absolute Gasteiger partial charge is 0.254 e. The van der Waals surface area contributed by atoms with Crippen molar-refractivity contribution in [3.63, 3.8) is 0 Å². The van der Waals surface area contributed by atoms with Crippen molar-refractivity contribution in [2.45, 2.75) is 25.3 Å². The van der Waals surface area contributed by atoms with Crippen LogP contribution in [-0.4, -0.2) is 45.5 Å². The first-order valence-electron chi connectivity index (χ1n) is 8.89. The molecule has 1 saturated heterocycles. The van der Waals surface area contributed by atoms with Crippen molar-refractivity contribution in [3.8, 4) is 5.75 Å². The van der Waals surface area contributed by atoms with E-state index < -0.39 is 0 Å². The molecule has 3 aromatic rings. The number of fused-ring (bicyclic) bond motifs is 1. The maximum atomic E-state index is 13.1. The summed E-state index contributed by atoms with van der Waals surface area (Å²) in [6, 6.07) is 13.8. The number of hydrogen-bond donors (Lipinski definition) is 0. The molecular weight excluding hydrogens is 328 g/mol. The fraction of sp³-hybridized carbons (Fsp3) is 0.350. The van der Waals surface area contributed by atoms with Crippen LogP contribution in [-0.2, 0) is 13.5 Å². The Hall–Kier alpha value is -2.89. The second-order valence-electron chi connectivity index (χ2n) is 6.73. The van der Waals surface area contributed by atoms with Crippen LogP contribution in [0.3, 0.4) is 0 Å². The van der Waals surface area contributed by atoms with Crippen LogP contribution >= 0.6 is 0 Å². The van der Waals surface area contributed by atoms with Crippen LogP contribution in [0.2, 0.25) is 0 Å². The molecular formula is C20H22N4O2. The lowest BCUT2D eigenvalue weighted by molar-refractivity contribution is 0.0736. The van der Waals surface area contributed by atoms with Gasteiger partial charge in [0.1, 0.15) is 11.3 Å². The normalized spacial score (nSPS) is 17.0. The van der Waals surface area contributed by atoms with Gasteiger partial charge in [0, 0.05) is 25.2 Å². The van der Waals surface area contributed by atoms with E-state index in [1.165, 1.54) is 0 Å². The van der Waals surface area contributed by atoms with E-state index in [9.17, 15) is 4.79 Å². The first kappa shape index (κ1) is 16.6. The fourth-order valence-electron chi connectivity index (χ4n) is 3.77. The lowest BCUT2D eigenvalue weighted by Crippen LogP contribution is -2.36. The number of methoxy groups -OCH3 is 1. The summed E-state index contributed by atoms with van der Waals surface area (Å²) in [5.41, 5.74) is 3.51. The predicted octanol–water partition coefficient (Wildman–Crippen LogP) is 2.82. The van der Waals surface area contributed by atoms with Gasteiger partial charge in [0.2, 0.25) is 0 Å². The lowest BCUT2D eigenvalue weighted by Gasteiger charge is -2.25. The van der Waals surface area contributed by atoms with Gasteiger partial charge in [0.05, 0.1) is 12.6 Å². The van der Waals surface area contributed by atoms with Gasteiger partial charge in [-0.1, -0.05) is 23.4 Å². The Labute approximate surface area is 152 Å². The SMILES string of the molecule is COc1ccccc1CC1CCCN1C(=O)c1ccc2nnn(C)c2c1. The first-order chi connectivity index (χ1) is 12.7. The zero-order chi connectivity index (χ0) is 18.1. The van der Waals surface area contributed by atoms with Crippen LogP contribution in [0.15, 0.2) is 42.5 Å². The largest absolute Gasteiger partial charge is 0.496 e. The third-order valence-electron chi connectivity index (χ3n) is 5.14. The van der Waals surface area contributed by atoms with Crippen molar-refractivity contribution in [1.29, 1.82) is 0 Å². The van der Waals surface area contributed by atoms with Crippen LogP contribution in [0.4, 0.5) is 0 Å². The zero-order valence-corrected chi connectivity index (χ0v) is 15.1. The van der Waals surface area contributed by atoms with Gasteiger partial charge in [-0.25, -0.2) is 4.68 Å². The standard InChI is InChI=1S/C20H22N4O2/c1-23-18-13-15(9-10-17(18)21-22-23)20(25)24-11-5-7-16(24)12-14-6-3-4-8-19(14)26-2/h3-4,6,8-10,13,16H,5,7,11-12H2,1-2H3. The highest BCUT2D eigenvalue weighted by atomic mass is 16.5. The molecule has 0 radical (unpaired) electrons. The summed E-state index contributed by atoms with van der Waals surface area (Å²) in [6.45, 7) is 0.792. The minimum atomic E-state index is 0.0745. The Morgan fingerprint density at radius 1 is 1.27 bits per heavy atom. The number of aromatic nitrogens is 3. The predicted molar refractivity (Wildman–Crippen MR) is 99.3 cm³/mol. The number of ether oxygens (including phenoxy) is 1. The van der Waals surface area contributed by atoms with E-state index in [0.717, 1.165) is 48.2 Å². The molecule has 0 spiro atoms. The number of likely N-dealkylation sites (tertiary alicyclic amines) is 1. The Morgan fingerprint density at radius 2 is 2.12 bits per heavy atom. The summed E-state index contributed by atoms with van der Waals surface area (Å²) >= 11 is 0. The molecule has 1 aliphatic heterocycles. The highest BCUT2D eigenvalue weighted by Gasteiger charge is 2.30. The number of para-hydroxylation sites is 1.